The fourth-order valence-corrected chi connectivity index (χ4v) is 2.90. The maximum Gasteiger partial charge on any atom is 0.323 e. The Balaban J connectivity index is 1.65. The molecule has 1 N–H and O–H groups in total. The number of non-ortho nitro benzene ring substituents is 1. The van der Waals surface area contributed by atoms with Gasteiger partial charge in [0.25, 0.3) is 5.69 Å². The maximum absolute atomic E-state index is 13.0. The Labute approximate surface area is 173 Å². The van der Waals surface area contributed by atoms with Crippen molar-refractivity contribution in [1.29, 1.82) is 0 Å². The number of nitrogens with zero attached hydrogens (tertiary/aromatic N) is 1. The fourth-order valence-electron chi connectivity index (χ4n) is 2.90. The summed E-state index contributed by atoms with van der Waals surface area (Å²) >= 11 is 0. The number of rotatable bonds is 9. The van der Waals surface area contributed by atoms with Gasteiger partial charge in [0, 0.05) is 18.7 Å². The Kier molecular flexibility index (Phi) is 7.24. The molecule has 0 aliphatic rings. The monoisotopic (exact) mass is 408 g/mol. The highest BCUT2D eigenvalue weighted by atomic mass is 19.1. The third-order valence-electron chi connectivity index (χ3n) is 4.56. The van der Waals surface area contributed by atoms with Gasteiger partial charge in [0.05, 0.1) is 4.92 Å². The molecule has 7 heteroatoms. The number of hydrogen-bond acceptors (Lipinski definition) is 5. The van der Waals surface area contributed by atoms with Gasteiger partial charge in [0.2, 0.25) is 0 Å². The molecule has 0 spiro atoms. The van der Waals surface area contributed by atoms with Crippen molar-refractivity contribution in [3.8, 4) is 0 Å². The molecule has 3 aromatic rings. The second-order valence-electron chi connectivity index (χ2n) is 6.78. The van der Waals surface area contributed by atoms with E-state index in [-0.39, 0.29) is 18.1 Å². The first-order chi connectivity index (χ1) is 14.5. The summed E-state index contributed by atoms with van der Waals surface area (Å²) in [7, 11) is 0. The lowest BCUT2D eigenvalue weighted by Crippen LogP contribution is -2.39. The highest BCUT2D eigenvalue weighted by molar-refractivity contribution is 5.76. The lowest BCUT2D eigenvalue weighted by atomic mass is 10.1. The summed E-state index contributed by atoms with van der Waals surface area (Å²) in [5.74, 6) is -0.776. The van der Waals surface area contributed by atoms with Crippen LogP contribution in [0.5, 0.6) is 0 Å². The number of halogens is 1. The smallest absolute Gasteiger partial charge is 0.323 e. The molecule has 30 heavy (non-hydrogen) atoms. The van der Waals surface area contributed by atoms with Crippen molar-refractivity contribution in [2.75, 3.05) is 0 Å². The van der Waals surface area contributed by atoms with Crippen LogP contribution in [-0.2, 0) is 29.1 Å². The van der Waals surface area contributed by atoms with Crippen molar-refractivity contribution in [1.82, 2.24) is 5.32 Å². The number of nitro groups is 1. The van der Waals surface area contributed by atoms with Crippen LogP contribution in [0.4, 0.5) is 10.1 Å². The van der Waals surface area contributed by atoms with Crippen LogP contribution in [0.1, 0.15) is 16.7 Å². The SMILES string of the molecule is O=C(OCc1ccc(F)cc1)[C@H](Cc1ccccc1)NCc1ccc([N+](=O)[O-])cc1. The average molecular weight is 408 g/mol. The second-order valence-corrected chi connectivity index (χ2v) is 6.78. The molecule has 0 bridgehead atoms. The number of hydrogen-bond donors (Lipinski definition) is 1. The molecule has 0 aromatic heterocycles. The molecule has 0 aliphatic carbocycles. The van der Waals surface area contributed by atoms with Crippen LogP contribution in [0.25, 0.3) is 0 Å². The number of ether oxygens (including phenoxy) is 1. The Morgan fingerprint density at radius 2 is 1.57 bits per heavy atom. The van der Waals surface area contributed by atoms with Crippen molar-refractivity contribution in [2.24, 2.45) is 0 Å². The van der Waals surface area contributed by atoms with E-state index in [0.717, 1.165) is 11.1 Å². The first-order valence-electron chi connectivity index (χ1n) is 9.43. The molecule has 0 saturated heterocycles. The maximum atomic E-state index is 13.0. The Bertz CT molecular complexity index is 976. The molecule has 154 valence electrons. The summed E-state index contributed by atoms with van der Waals surface area (Å²) < 4.78 is 18.5. The predicted octanol–water partition coefficient (Wildman–Crippen LogP) is 4.18. The van der Waals surface area contributed by atoms with Crippen LogP contribution >= 0.6 is 0 Å². The molecule has 0 radical (unpaired) electrons. The topological polar surface area (TPSA) is 81.5 Å². The van der Waals surface area contributed by atoms with E-state index < -0.39 is 16.9 Å². The quantitative estimate of drug-likeness (QED) is 0.326. The van der Waals surface area contributed by atoms with Crippen molar-refractivity contribution in [3.05, 3.63) is 111 Å². The second kappa shape index (κ2) is 10.3. The van der Waals surface area contributed by atoms with E-state index in [1.54, 1.807) is 24.3 Å². The van der Waals surface area contributed by atoms with Gasteiger partial charge in [-0.1, -0.05) is 54.6 Å². The van der Waals surface area contributed by atoms with Gasteiger partial charge in [0.1, 0.15) is 18.5 Å². The van der Waals surface area contributed by atoms with E-state index in [4.69, 9.17) is 4.74 Å². The first-order valence-corrected chi connectivity index (χ1v) is 9.43. The van der Waals surface area contributed by atoms with Gasteiger partial charge < -0.3 is 10.1 Å². The van der Waals surface area contributed by atoms with Crippen LogP contribution in [-0.4, -0.2) is 16.9 Å². The lowest BCUT2D eigenvalue weighted by molar-refractivity contribution is -0.384. The minimum Gasteiger partial charge on any atom is -0.460 e. The van der Waals surface area contributed by atoms with Gasteiger partial charge in [0.15, 0.2) is 0 Å². The number of nitro benzene ring substituents is 1. The fraction of sp³-hybridized carbons (Fsp3) is 0.174. The summed E-state index contributed by atoms with van der Waals surface area (Å²) in [5.41, 5.74) is 2.49. The molecule has 3 aromatic carbocycles. The van der Waals surface area contributed by atoms with Crippen molar-refractivity contribution < 1.29 is 18.8 Å². The van der Waals surface area contributed by atoms with Gasteiger partial charge in [-0.2, -0.15) is 0 Å². The number of carbonyl (C=O) groups excluding carboxylic acids is 1. The van der Waals surface area contributed by atoms with Gasteiger partial charge in [-0.15, -0.1) is 0 Å². The molecule has 0 amide bonds. The highest BCUT2D eigenvalue weighted by Gasteiger charge is 2.20. The Hall–Kier alpha value is -3.58. The van der Waals surface area contributed by atoms with Crippen LogP contribution in [0, 0.1) is 15.9 Å². The minimum absolute atomic E-state index is 0.0123. The molecular formula is C23H21FN2O4. The average Bonchev–Trinajstić information content (AvgIpc) is 2.77. The van der Waals surface area contributed by atoms with E-state index in [0.29, 0.717) is 18.5 Å². The largest absolute Gasteiger partial charge is 0.460 e. The molecule has 0 aliphatic heterocycles. The standard InChI is InChI=1S/C23H21FN2O4/c24-20-10-6-19(7-11-20)16-30-23(27)22(14-17-4-2-1-3-5-17)25-15-18-8-12-21(13-9-18)26(28)29/h1-13,22,25H,14-16H2/t22-/m0/s1. The molecule has 0 fully saturated rings. The molecule has 0 saturated carbocycles. The first kappa shape index (κ1) is 21.1. The van der Waals surface area contributed by atoms with Crippen LogP contribution < -0.4 is 5.32 Å². The van der Waals surface area contributed by atoms with E-state index in [9.17, 15) is 19.3 Å². The number of esters is 1. The summed E-state index contributed by atoms with van der Waals surface area (Å²) in [4.78, 5) is 23.0. The summed E-state index contributed by atoms with van der Waals surface area (Å²) in [5, 5.41) is 14.0. The predicted molar refractivity (Wildman–Crippen MR) is 110 cm³/mol. The third-order valence-corrected chi connectivity index (χ3v) is 4.56. The van der Waals surface area contributed by atoms with Crippen molar-refractivity contribution in [2.45, 2.75) is 25.6 Å². The zero-order chi connectivity index (χ0) is 21.3. The van der Waals surface area contributed by atoms with Gasteiger partial charge >= 0.3 is 5.97 Å². The lowest BCUT2D eigenvalue weighted by Gasteiger charge is -2.18. The third kappa shape index (κ3) is 6.22. The molecule has 3 rings (SSSR count). The minimum atomic E-state index is -0.608. The zero-order valence-electron chi connectivity index (χ0n) is 16.2. The van der Waals surface area contributed by atoms with Gasteiger partial charge in [-0.3, -0.25) is 14.9 Å². The number of carbonyl (C=O) groups is 1. The summed E-state index contributed by atoms with van der Waals surface area (Å²) in [6.07, 6.45) is 0.427. The molecule has 1 atom stereocenters. The van der Waals surface area contributed by atoms with E-state index in [2.05, 4.69) is 5.32 Å². The summed E-state index contributed by atoms with van der Waals surface area (Å²) in [6.45, 7) is 0.394. The zero-order valence-corrected chi connectivity index (χ0v) is 16.2. The highest BCUT2D eigenvalue weighted by Crippen LogP contribution is 2.13. The molecule has 6 nitrogen and oxygen atoms in total. The Morgan fingerprint density at radius 3 is 2.20 bits per heavy atom. The molecule has 0 unspecified atom stereocenters. The van der Waals surface area contributed by atoms with Gasteiger partial charge in [-0.25, -0.2) is 4.39 Å². The van der Waals surface area contributed by atoms with E-state index >= 15 is 0 Å². The van der Waals surface area contributed by atoms with E-state index in [1.165, 1.54) is 24.3 Å². The molecular weight excluding hydrogens is 387 g/mol. The normalized spacial score (nSPS) is 11.6. The van der Waals surface area contributed by atoms with Crippen LogP contribution in [0.2, 0.25) is 0 Å². The van der Waals surface area contributed by atoms with Crippen LogP contribution in [0.15, 0.2) is 78.9 Å². The van der Waals surface area contributed by atoms with Crippen molar-refractivity contribution >= 4 is 11.7 Å². The number of benzene rings is 3. The van der Waals surface area contributed by atoms with Crippen LogP contribution in [0.3, 0.4) is 0 Å². The molecule has 0 heterocycles. The van der Waals surface area contributed by atoms with Crippen molar-refractivity contribution in [3.63, 3.8) is 0 Å². The Morgan fingerprint density at radius 1 is 0.933 bits per heavy atom. The van der Waals surface area contributed by atoms with E-state index in [1.807, 2.05) is 30.3 Å². The summed E-state index contributed by atoms with van der Waals surface area (Å²) in [6, 6.07) is 20.8. The number of nitrogens with one attached hydrogen (secondary N) is 1. The van der Waals surface area contributed by atoms with Gasteiger partial charge in [-0.05, 0) is 35.2 Å².